The summed E-state index contributed by atoms with van der Waals surface area (Å²) in [4.78, 5) is 35.2. The Balaban J connectivity index is 1.69. The van der Waals surface area contributed by atoms with Gasteiger partial charge in [-0.1, -0.05) is 25.0 Å². The quantitative estimate of drug-likeness (QED) is 0.538. The number of carbonyl (C=O) groups is 3. The number of carbonyl (C=O) groups excluding carboxylic acids is 3. The van der Waals surface area contributed by atoms with Crippen molar-refractivity contribution in [3.63, 3.8) is 0 Å². The Morgan fingerprint density at radius 1 is 1.14 bits per heavy atom. The SMILES string of the molecule is Cc1ccc(C)c(S(=O)(=O)NCCC(=O)OCC(=O)NC(=O)NC2CCCC2)c1. The van der Waals surface area contributed by atoms with Crippen LogP contribution >= 0.6 is 0 Å². The van der Waals surface area contributed by atoms with Crippen molar-refractivity contribution in [2.45, 2.75) is 56.9 Å². The van der Waals surface area contributed by atoms with Crippen molar-refractivity contribution in [1.82, 2.24) is 15.4 Å². The number of hydrogen-bond acceptors (Lipinski definition) is 6. The van der Waals surface area contributed by atoms with Gasteiger partial charge in [-0.25, -0.2) is 17.9 Å². The van der Waals surface area contributed by atoms with Gasteiger partial charge in [0.25, 0.3) is 5.91 Å². The molecule has 0 saturated heterocycles. The first-order valence-corrected chi connectivity index (χ1v) is 11.0. The normalized spacial score (nSPS) is 14.4. The molecule has 0 radical (unpaired) electrons. The lowest BCUT2D eigenvalue weighted by atomic mass is 10.2. The molecular formula is C19H27N3O6S. The summed E-state index contributed by atoms with van der Waals surface area (Å²) in [6.45, 7) is 2.69. The molecule has 0 bridgehead atoms. The number of aryl methyl sites for hydroxylation is 2. The van der Waals surface area contributed by atoms with E-state index in [1.165, 1.54) is 0 Å². The first kappa shape index (κ1) is 22.8. The molecule has 160 valence electrons. The Morgan fingerprint density at radius 2 is 1.83 bits per heavy atom. The van der Waals surface area contributed by atoms with E-state index < -0.39 is 34.5 Å². The minimum Gasteiger partial charge on any atom is -0.456 e. The number of rotatable bonds is 8. The molecule has 1 fully saturated rings. The van der Waals surface area contributed by atoms with Gasteiger partial charge < -0.3 is 10.1 Å². The second-order valence-electron chi connectivity index (χ2n) is 7.08. The molecule has 2 rings (SSSR count). The van der Waals surface area contributed by atoms with Crippen molar-refractivity contribution in [3.05, 3.63) is 29.3 Å². The van der Waals surface area contributed by atoms with Gasteiger partial charge in [-0.2, -0.15) is 0 Å². The fourth-order valence-electron chi connectivity index (χ4n) is 3.03. The van der Waals surface area contributed by atoms with Gasteiger partial charge in [-0.05, 0) is 43.9 Å². The van der Waals surface area contributed by atoms with E-state index in [0.717, 1.165) is 31.2 Å². The van der Waals surface area contributed by atoms with E-state index >= 15 is 0 Å². The van der Waals surface area contributed by atoms with Crippen molar-refractivity contribution >= 4 is 27.9 Å². The number of esters is 1. The number of nitrogens with one attached hydrogen (secondary N) is 3. The fourth-order valence-corrected chi connectivity index (χ4v) is 4.39. The van der Waals surface area contributed by atoms with Gasteiger partial charge in [0.05, 0.1) is 11.3 Å². The Hall–Kier alpha value is -2.46. The van der Waals surface area contributed by atoms with E-state index in [0.29, 0.717) is 5.56 Å². The molecule has 0 atom stereocenters. The lowest BCUT2D eigenvalue weighted by Crippen LogP contribution is -2.45. The van der Waals surface area contributed by atoms with Crippen LogP contribution in [0.4, 0.5) is 4.79 Å². The molecule has 0 aliphatic heterocycles. The first-order chi connectivity index (χ1) is 13.7. The summed E-state index contributed by atoms with van der Waals surface area (Å²) in [5, 5.41) is 4.78. The van der Waals surface area contributed by atoms with Crippen LogP contribution in [0.2, 0.25) is 0 Å². The van der Waals surface area contributed by atoms with Gasteiger partial charge in [0, 0.05) is 12.6 Å². The van der Waals surface area contributed by atoms with Crippen molar-refractivity contribution in [1.29, 1.82) is 0 Å². The minimum atomic E-state index is -3.76. The van der Waals surface area contributed by atoms with Gasteiger partial charge in [0.1, 0.15) is 0 Å². The molecule has 3 N–H and O–H groups in total. The largest absolute Gasteiger partial charge is 0.456 e. The molecule has 0 spiro atoms. The molecule has 1 saturated carbocycles. The van der Waals surface area contributed by atoms with Gasteiger partial charge in [0.2, 0.25) is 10.0 Å². The summed E-state index contributed by atoms with van der Waals surface area (Å²) in [6, 6.07) is 4.52. The molecule has 1 aromatic carbocycles. The Kier molecular flexibility index (Phi) is 8.15. The second kappa shape index (κ2) is 10.4. The topological polar surface area (TPSA) is 131 Å². The predicted octanol–water partition coefficient (Wildman–Crippen LogP) is 1.28. The zero-order valence-electron chi connectivity index (χ0n) is 16.6. The zero-order valence-corrected chi connectivity index (χ0v) is 17.4. The van der Waals surface area contributed by atoms with Crippen molar-refractivity contribution in [2.75, 3.05) is 13.2 Å². The van der Waals surface area contributed by atoms with Crippen LogP contribution in [0, 0.1) is 13.8 Å². The highest BCUT2D eigenvalue weighted by atomic mass is 32.2. The second-order valence-corrected chi connectivity index (χ2v) is 8.82. The maximum atomic E-state index is 12.3. The lowest BCUT2D eigenvalue weighted by molar-refractivity contribution is -0.148. The van der Waals surface area contributed by atoms with Crippen LogP contribution in [0.3, 0.4) is 0 Å². The van der Waals surface area contributed by atoms with E-state index in [2.05, 4.69) is 15.4 Å². The fraction of sp³-hybridized carbons (Fsp3) is 0.526. The van der Waals surface area contributed by atoms with Crippen LogP contribution in [0.15, 0.2) is 23.1 Å². The molecule has 1 aromatic rings. The molecule has 1 aliphatic rings. The number of imide groups is 1. The number of benzene rings is 1. The summed E-state index contributed by atoms with van der Waals surface area (Å²) < 4.78 is 31.8. The number of urea groups is 1. The van der Waals surface area contributed by atoms with Crippen molar-refractivity contribution in [3.8, 4) is 0 Å². The Morgan fingerprint density at radius 3 is 2.52 bits per heavy atom. The zero-order chi connectivity index (χ0) is 21.4. The molecule has 0 unspecified atom stereocenters. The summed E-state index contributed by atoms with van der Waals surface area (Å²) in [6.07, 6.45) is 3.61. The number of amides is 3. The van der Waals surface area contributed by atoms with E-state index in [1.54, 1.807) is 26.0 Å². The average molecular weight is 426 g/mol. The maximum absolute atomic E-state index is 12.3. The summed E-state index contributed by atoms with van der Waals surface area (Å²) >= 11 is 0. The smallest absolute Gasteiger partial charge is 0.321 e. The van der Waals surface area contributed by atoms with Gasteiger partial charge in [0.15, 0.2) is 6.61 Å². The van der Waals surface area contributed by atoms with E-state index in [9.17, 15) is 22.8 Å². The van der Waals surface area contributed by atoms with Gasteiger partial charge >= 0.3 is 12.0 Å². The van der Waals surface area contributed by atoms with Crippen LogP contribution in [-0.2, 0) is 24.3 Å². The molecule has 0 aromatic heterocycles. The number of ether oxygens (including phenoxy) is 1. The highest BCUT2D eigenvalue weighted by molar-refractivity contribution is 7.89. The van der Waals surface area contributed by atoms with Crippen LogP contribution in [0.1, 0.15) is 43.2 Å². The molecule has 0 heterocycles. The number of hydrogen-bond donors (Lipinski definition) is 3. The molecule has 29 heavy (non-hydrogen) atoms. The average Bonchev–Trinajstić information content (AvgIpc) is 3.14. The van der Waals surface area contributed by atoms with E-state index in [-0.39, 0.29) is 23.9 Å². The van der Waals surface area contributed by atoms with Crippen LogP contribution in [0.5, 0.6) is 0 Å². The highest BCUT2D eigenvalue weighted by Gasteiger charge is 2.19. The molecular weight excluding hydrogens is 398 g/mol. The number of sulfonamides is 1. The molecule has 1 aliphatic carbocycles. The van der Waals surface area contributed by atoms with Crippen molar-refractivity contribution in [2.24, 2.45) is 0 Å². The summed E-state index contributed by atoms with van der Waals surface area (Å²) in [7, 11) is -3.76. The maximum Gasteiger partial charge on any atom is 0.321 e. The van der Waals surface area contributed by atoms with Crippen LogP contribution in [-0.4, -0.2) is 45.5 Å². The lowest BCUT2D eigenvalue weighted by Gasteiger charge is -2.12. The molecule has 9 nitrogen and oxygen atoms in total. The Labute approximate surface area is 170 Å². The molecule has 10 heteroatoms. The van der Waals surface area contributed by atoms with E-state index in [1.807, 2.05) is 6.07 Å². The third-order valence-electron chi connectivity index (χ3n) is 4.56. The minimum absolute atomic E-state index is 0.0652. The Bertz CT molecular complexity index is 863. The first-order valence-electron chi connectivity index (χ1n) is 9.50. The van der Waals surface area contributed by atoms with E-state index in [4.69, 9.17) is 4.74 Å². The highest BCUT2D eigenvalue weighted by Crippen LogP contribution is 2.17. The molecule has 3 amide bonds. The third-order valence-corrected chi connectivity index (χ3v) is 6.16. The monoisotopic (exact) mass is 425 g/mol. The van der Waals surface area contributed by atoms with Crippen LogP contribution < -0.4 is 15.4 Å². The van der Waals surface area contributed by atoms with Crippen LogP contribution in [0.25, 0.3) is 0 Å². The standard InChI is InChI=1S/C19H27N3O6S/c1-13-7-8-14(2)16(11-13)29(26,27)20-10-9-18(24)28-12-17(23)22-19(25)21-15-5-3-4-6-15/h7-8,11,15,20H,3-6,9-10,12H2,1-2H3,(H2,21,22,23,25). The third kappa shape index (κ3) is 7.47. The van der Waals surface area contributed by atoms with Gasteiger partial charge in [-0.15, -0.1) is 0 Å². The summed E-state index contributed by atoms with van der Waals surface area (Å²) in [5.74, 6) is -1.50. The van der Waals surface area contributed by atoms with Gasteiger partial charge in [-0.3, -0.25) is 14.9 Å². The summed E-state index contributed by atoms with van der Waals surface area (Å²) in [5.41, 5.74) is 1.40. The predicted molar refractivity (Wildman–Crippen MR) is 106 cm³/mol. The van der Waals surface area contributed by atoms with Crippen molar-refractivity contribution < 1.29 is 27.5 Å².